The van der Waals surface area contributed by atoms with Gasteiger partial charge in [-0.15, -0.1) is 0 Å². The highest BCUT2D eigenvalue weighted by Crippen LogP contribution is 2.14. The quantitative estimate of drug-likeness (QED) is 0.0586. The van der Waals surface area contributed by atoms with Crippen molar-refractivity contribution < 1.29 is 52.0 Å². The Morgan fingerprint density at radius 2 is 0.918 bits per heavy atom. The van der Waals surface area contributed by atoms with Crippen LogP contribution >= 0.6 is 0 Å². The van der Waals surface area contributed by atoms with Crippen LogP contribution in [0.2, 0.25) is 0 Å². The number of rotatable bonds is 37. The molecule has 0 bridgehead atoms. The molecule has 0 radical (unpaired) electrons. The Morgan fingerprint density at radius 3 is 1.45 bits per heavy atom. The summed E-state index contributed by atoms with van der Waals surface area (Å²) in [5.41, 5.74) is 0. The molecule has 0 saturated carbocycles. The Labute approximate surface area is 294 Å². The Bertz CT molecular complexity index is 952. The van der Waals surface area contributed by atoms with E-state index in [4.69, 9.17) is 24.4 Å². The maximum atomic E-state index is 12.2. The first-order valence-corrected chi connectivity index (χ1v) is 19.9. The molecule has 0 aromatic carbocycles. The number of hydrogen-bond acceptors (Lipinski definition) is 10. The van der Waals surface area contributed by atoms with Gasteiger partial charge in [0.15, 0.2) is 0 Å². The van der Waals surface area contributed by atoms with E-state index in [2.05, 4.69) is 15.4 Å². The zero-order valence-corrected chi connectivity index (χ0v) is 30.5. The minimum absolute atomic E-state index is 0.0634. The molecule has 15 heteroatoms. The smallest absolute Gasteiger partial charge is 0.303 e. The van der Waals surface area contributed by atoms with Crippen LogP contribution in [0.5, 0.6) is 0 Å². The molecule has 0 atom stereocenters. The second-order valence-electron chi connectivity index (χ2n) is 12.2. The molecule has 0 fully saturated rings. The number of carboxylic acid groups (broad SMARTS) is 1. The number of amides is 3. The molecule has 5 N–H and O–H groups in total. The summed E-state index contributed by atoms with van der Waals surface area (Å²) in [6, 6.07) is 0. The van der Waals surface area contributed by atoms with Crippen molar-refractivity contribution in [2.45, 2.75) is 128 Å². The number of sulfonamides is 1. The van der Waals surface area contributed by atoms with Gasteiger partial charge in [-0.3, -0.25) is 23.9 Å². The van der Waals surface area contributed by atoms with Gasteiger partial charge in [-0.1, -0.05) is 83.5 Å². The van der Waals surface area contributed by atoms with E-state index in [-0.39, 0.29) is 69.9 Å². The van der Waals surface area contributed by atoms with E-state index in [1.807, 2.05) is 0 Å². The van der Waals surface area contributed by atoms with Crippen molar-refractivity contribution in [1.82, 2.24) is 15.4 Å². The average Bonchev–Trinajstić information content (AvgIpc) is 3.05. The zero-order chi connectivity index (χ0) is 36.3. The maximum absolute atomic E-state index is 12.2. The fourth-order valence-electron chi connectivity index (χ4n) is 4.93. The van der Waals surface area contributed by atoms with Gasteiger partial charge in [0, 0.05) is 32.4 Å². The molecule has 0 aromatic rings. The lowest BCUT2D eigenvalue weighted by Crippen LogP contribution is -2.32. The van der Waals surface area contributed by atoms with E-state index in [1.54, 1.807) is 0 Å². The largest absolute Gasteiger partial charge is 0.481 e. The molecule has 0 aliphatic heterocycles. The number of hydrogen-bond donors (Lipinski definition) is 5. The number of ether oxygens (including phenoxy) is 3. The van der Waals surface area contributed by atoms with Crippen molar-refractivity contribution >= 4 is 33.7 Å². The molecular formula is C34H65N3O11S. The Hall–Kier alpha value is -2.33. The molecule has 0 saturated heterocycles. The lowest BCUT2D eigenvalue weighted by molar-refractivity contribution is -0.137. The van der Waals surface area contributed by atoms with E-state index >= 15 is 0 Å². The van der Waals surface area contributed by atoms with Crippen molar-refractivity contribution in [3.8, 4) is 0 Å². The molecule has 0 heterocycles. The van der Waals surface area contributed by atoms with Crippen molar-refractivity contribution in [1.29, 1.82) is 0 Å². The standard InChI is InChI=1S/C34H65N3O11S/c38-23-26-46-24-22-36-33(41)30-48-28-27-47-25-21-35-31(39)18-15-13-17-29-49(44,45)37-32(40)19-14-11-9-7-5-3-1-2-4-6-8-10-12-16-20-34(42)43/h38H,1-30H2,(H,35,39)(H,36,41)(H,37,40)(H,42,43). The van der Waals surface area contributed by atoms with Crippen molar-refractivity contribution in [3.63, 3.8) is 0 Å². The fraction of sp³-hybridized carbons (Fsp3) is 0.882. The molecule has 0 unspecified atom stereocenters. The Balaban J connectivity index is 3.54. The van der Waals surface area contributed by atoms with E-state index in [9.17, 15) is 27.6 Å². The number of unbranched alkanes of at least 4 members (excludes halogenated alkanes) is 15. The van der Waals surface area contributed by atoms with E-state index in [0.717, 1.165) is 38.5 Å². The molecule has 0 aromatic heterocycles. The van der Waals surface area contributed by atoms with Gasteiger partial charge in [-0.2, -0.15) is 0 Å². The van der Waals surface area contributed by atoms with Gasteiger partial charge in [-0.25, -0.2) is 8.42 Å². The van der Waals surface area contributed by atoms with Gasteiger partial charge in [-0.05, 0) is 25.7 Å². The van der Waals surface area contributed by atoms with E-state index in [1.165, 1.54) is 44.9 Å². The summed E-state index contributed by atoms with van der Waals surface area (Å²) >= 11 is 0. The van der Waals surface area contributed by atoms with Crippen LogP contribution in [0.3, 0.4) is 0 Å². The van der Waals surface area contributed by atoms with Gasteiger partial charge >= 0.3 is 5.97 Å². The van der Waals surface area contributed by atoms with Crippen molar-refractivity contribution in [2.24, 2.45) is 0 Å². The summed E-state index contributed by atoms with van der Waals surface area (Å²) in [6.07, 6.45) is 17.4. The number of aliphatic hydroxyl groups is 1. The number of carbonyl (C=O) groups is 4. The second kappa shape index (κ2) is 34.1. The molecule has 3 amide bonds. The zero-order valence-electron chi connectivity index (χ0n) is 29.7. The molecular weight excluding hydrogens is 658 g/mol. The van der Waals surface area contributed by atoms with Gasteiger partial charge in [0.1, 0.15) is 6.61 Å². The predicted molar refractivity (Wildman–Crippen MR) is 187 cm³/mol. The third kappa shape index (κ3) is 36.8. The van der Waals surface area contributed by atoms with Gasteiger partial charge in [0.2, 0.25) is 27.7 Å². The van der Waals surface area contributed by atoms with Crippen LogP contribution in [0.4, 0.5) is 0 Å². The van der Waals surface area contributed by atoms with Crippen LogP contribution in [0.1, 0.15) is 128 Å². The van der Waals surface area contributed by atoms with Crippen LogP contribution in [0.25, 0.3) is 0 Å². The molecule has 49 heavy (non-hydrogen) atoms. The topological polar surface area (TPSA) is 207 Å². The average molecular weight is 724 g/mol. The normalized spacial score (nSPS) is 11.4. The number of aliphatic hydroxyl groups excluding tert-OH is 1. The van der Waals surface area contributed by atoms with Crippen LogP contribution in [-0.2, 0) is 43.4 Å². The summed E-state index contributed by atoms with van der Waals surface area (Å²) in [6.45, 7) is 1.85. The van der Waals surface area contributed by atoms with Crippen LogP contribution in [-0.4, -0.2) is 107 Å². The van der Waals surface area contributed by atoms with Crippen LogP contribution < -0.4 is 15.4 Å². The lowest BCUT2D eigenvalue weighted by atomic mass is 10.0. The molecule has 0 aliphatic carbocycles. The first-order chi connectivity index (χ1) is 23.7. The van der Waals surface area contributed by atoms with Gasteiger partial charge < -0.3 is 35.1 Å². The van der Waals surface area contributed by atoms with Crippen LogP contribution in [0.15, 0.2) is 0 Å². The monoisotopic (exact) mass is 723 g/mol. The van der Waals surface area contributed by atoms with Crippen molar-refractivity contribution in [2.75, 3.05) is 65.1 Å². The minimum atomic E-state index is -3.68. The van der Waals surface area contributed by atoms with Crippen LogP contribution in [0, 0.1) is 0 Å². The highest BCUT2D eigenvalue weighted by molar-refractivity contribution is 7.90. The predicted octanol–water partition coefficient (Wildman–Crippen LogP) is 3.59. The van der Waals surface area contributed by atoms with Crippen molar-refractivity contribution in [3.05, 3.63) is 0 Å². The summed E-state index contributed by atoms with van der Waals surface area (Å²) in [4.78, 5) is 46.1. The number of carbonyl (C=O) groups excluding carboxylic acids is 3. The summed E-state index contributed by atoms with van der Waals surface area (Å²) in [7, 11) is -3.68. The molecule has 0 rings (SSSR count). The highest BCUT2D eigenvalue weighted by Gasteiger charge is 2.14. The second-order valence-corrected chi connectivity index (χ2v) is 14.0. The molecule has 0 spiro atoms. The van der Waals surface area contributed by atoms with Gasteiger partial charge in [0.25, 0.3) is 0 Å². The summed E-state index contributed by atoms with van der Waals surface area (Å²) in [5.74, 6) is -1.74. The maximum Gasteiger partial charge on any atom is 0.303 e. The summed E-state index contributed by atoms with van der Waals surface area (Å²) in [5, 5.41) is 22.6. The third-order valence-electron chi connectivity index (χ3n) is 7.61. The summed E-state index contributed by atoms with van der Waals surface area (Å²) < 4.78 is 42.2. The first-order valence-electron chi connectivity index (χ1n) is 18.3. The Kier molecular flexibility index (Phi) is 32.5. The molecule has 14 nitrogen and oxygen atoms in total. The Morgan fingerprint density at radius 1 is 0.490 bits per heavy atom. The number of aliphatic carboxylic acids is 1. The SMILES string of the molecule is O=C(O)CCCCCCCCCCCCCCCCC(=O)NS(=O)(=O)CCCCCC(=O)NCCOCCOCC(=O)NCCOCCO. The molecule has 288 valence electrons. The lowest BCUT2D eigenvalue weighted by Gasteiger charge is -2.08. The fourth-order valence-corrected chi connectivity index (χ4v) is 6.06. The molecule has 0 aliphatic rings. The third-order valence-corrected chi connectivity index (χ3v) is 8.97. The minimum Gasteiger partial charge on any atom is -0.481 e. The number of carboxylic acids is 1. The number of nitrogens with one attached hydrogen (secondary N) is 3. The first kappa shape index (κ1) is 46.7. The van der Waals surface area contributed by atoms with E-state index < -0.39 is 21.9 Å². The van der Waals surface area contributed by atoms with Gasteiger partial charge in [0.05, 0.1) is 45.4 Å². The van der Waals surface area contributed by atoms with E-state index in [0.29, 0.717) is 52.0 Å². The highest BCUT2D eigenvalue weighted by atomic mass is 32.2.